The van der Waals surface area contributed by atoms with E-state index in [2.05, 4.69) is 15.3 Å². The number of aromatic nitrogens is 2. The van der Waals surface area contributed by atoms with Gasteiger partial charge in [-0.25, -0.2) is 14.8 Å². The van der Waals surface area contributed by atoms with E-state index in [4.69, 9.17) is 0 Å². The monoisotopic (exact) mass is 451 g/mol. The van der Waals surface area contributed by atoms with E-state index in [0.717, 1.165) is 20.7 Å². The van der Waals surface area contributed by atoms with Gasteiger partial charge in [0.05, 0.1) is 11.9 Å². The van der Waals surface area contributed by atoms with Crippen molar-refractivity contribution in [1.29, 1.82) is 0 Å². The number of carbonyl (C=O) groups is 2. The largest absolute Gasteiger partial charge is 0.479 e. The zero-order valence-corrected chi connectivity index (χ0v) is 18.8. The molecule has 3 aromatic rings. The number of benzene rings is 1. The van der Waals surface area contributed by atoms with E-state index in [1.165, 1.54) is 17.7 Å². The molecule has 0 fully saturated rings. The molecule has 0 saturated carbocycles. The number of carboxylic acid groups (broad SMARTS) is 1. The summed E-state index contributed by atoms with van der Waals surface area (Å²) in [6.45, 7) is 1.83. The van der Waals surface area contributed by atoms with Crippen LogP contribution in [0, 0.1) is 0 Å². The number of hydrogen-bond acceptors (Lipinski definition) is 7. The highest BCUT2D eigenvalue weighted by molar-refractivity contribution is 7.19. The van der Waals surface area contributed by atoms with Crippen LogP contribution in [0.5, 0.6) is 0 Å². The third-order valence-corrected chi connectivity index (χ3v) is 6.47. The van der Waals surface area contributed by atoms with Crippen LogP contribution < -0.4 is 5.32 Å². The molecule has 1 aliphatic heterocycles. The first kappa shape index (κ1) is 21.9. The van der Waals surface area contributed by atoms with Crippen LogP contribution in [0.4, 0.5) is 5.82 Å². The molecule has 166 valence electrons. The SMILES string of the molecule is CN(C)CC=CC(=O)N1CCc2c(sc3ncnc(N[C@H](C(=O)O)c4ccccc4)c23)C1. The number of likely N-dealkylation sites (N-methyl/N-ethyl adjacent to an activating group) is 1. The Morgan fingerprint density at radius 1 is 1.28 bits per heavy atom. The minimum Gasteiger partial charge on any atom is -0.479 e. The maximum Gasteiger partial charge on any atom is 0.330 e. The molecule has 0 radical (unpaired) electrons. The van der Waals surface area contributed by atoms with Crippen molar-refractivity contribution in [2.45, 2.75) is 19.0 Å². The third kappa shape index (κ3) is 4.63. The summed E-state index contributed by atoms with van der Waals surface area (Å²) in [6.07, 6.45) is 5.62. The van der Waals surface area contributed by atoms with Gasteiger partial charge >= 0.3 is 5.97 Å². The third-order valence-electron chi connectivity index (χ3n) is 5.34. The molecule has 8 nitrogen and oxygen atoms in total. The second kappa shape index (κ2) is 9.46. The summed E-state index contributed by atoms with van der Waals surface area (Å²) in [7, 11) is 3.91. The van der Waals surface area contributed by atoms with Gasteiger partial charge in [-0.15, -0.1) is 11.3 Å². The normalized spacial score (nSPS) is 14.7. The van der Waals surface area contributed by atoms with Crippen molar-refractivity contribution >= 4 is 39.2 Å². The molecule has 1 aliphatic rings. The second-order valence-corrected chi connectivity index (χ2v) is 8.99. The highest BCUT2D eigenvalue weighted by Gasteiger charge is 2.27. The summed E-state index contributed by atoms with van der Waals surface area (Å²) >= 11 is 1.53. The Morgan fingerprint density at radius 2 is 2.06 bits per heavy atom. The fraction of sp³-hybridized carbons (Fsp3) is 0.304. The average Bonchev–Trinajstić information content (AvgIpc) is 3.16. The van der Waals surface area contributed by atoms with Gasteiger partial charge in [-0.1, -0.05) is 36.4 Å². The number of carbonyl (C=O) groups excluding carboxylic acids is 1. The summed E-state index contributed by atoms with van der Waals surface area (Å²) in [5.74, 6) is -0.475. The van der Waals surface area contributed by atoms with Crippen LogP contribution in [-0.2, 0) is 22.6 Å². The van der Waals surface area contributed by atoms with Crippen molar-refractivity contribution in [2.75, 3.05) is 32.5 Å². The van der Waals surface area contributed by atoms with Crippen LogP contribution in [-0.4, -0.2) is 63.9 Å². The minimum atomic E-state index is -0.978. The maximum atomic E-state index is 12.6. The van der Waals surface area contributed by atoms with E-state index in [9.17, 15) is 14.7 Å². The lowest BCUT2D eigenvalue weighted by molar-refractivity contribution is -0.138. The van der Waals surface area contributed by atoms with Crippen molar-refractivity contribution in [1.82, 2.24) is 19.8 Å². The van der Waals surface area contributed by atoms with Crippen LogP contribution in [0.1, 0.15) is 22.0 Å². The molecular weight excluding hydrogens is 426 g/mol. The van der Waals surface area contributed by atoms with E-state index < -0.39 is 12.0 Å². The highest BCUT2D eigenvalue weighted by Crippen LogP contribution is 2.38. The van der Waals surface area contributed by atoms with E-state index in [1.807, 2.05) is 48.2 Å². The summed E-state index contributed by atoms with van der Waals surface area (Å²) in [6, 6.07) is 8.11. The van der Waals surface area contributed by atoms with E-state index in [1.54, 1.807) is 18.2 Å². The smallest absolute Gasteiger partial charge is 0.330 e. The summed E-state index contributed by atoms with van der Waals surface area (Å²) in [5.41, 5.74) is 1.74. The predicted octanol–water partition coefficient (Wildman–Crippen LogP) is 2.93. The van der Waals surface area contributed by atoms with Gasteiger partial charge in [0, 0.05) is 24.0 Å². The lowest BCUT2D eigenvalue weighted by atomic mass is 10.0. The van der Waals surface area contributed by atoms with Crippen molar-refractivity contribution in [2.24, 2.45) is 0 Å². The molecule has 32 heavy (non-hydrogen) atoms. The standard InChI is InChI=1S/C23H25N5O3S/c1-27(2)11-6-9-18(29)28-12-10-16-17(13-28)32-22-19(16)21(24-14-25-22)26-20(23(30)31)15-7-4-3-5-8-15/h3-9,14,20H,10-13H2,1-2H3,(H,30,31)(H,24,25,26)/t20-/m0/s1. The predicted molar refractivity (Wildman–Crippen MR) is 125 cm³/mol. The van der Waals surface area contributed by atoms with E-state index >= 15 is 0 Å². The lowest BCUT2D eigenvalue weighted by Crippen LogP contribution is -2.34. The maximum absolute atomic E-state index is 12.6. The van der Waals surface area contributed by atoms with Crippen molar-refractivity contribution in [3.05, 3.63) is 64.8 Å². The van der Waals surface area contributed by atoms with Crippen LogP contribution in [0.25, 0.3) is 10.2 Å². The van der Waals surface area contributed by atoms with Gasteiger partial charge in [-0.05, 0) is 31.6 Å². The number of rotatable bonds is 7. The zero-order chi connectivity index (χ0) is 22.7. The highest BCUT2D eigenvalue weighted by atomic mass is 32.1. The summed E-state index contributed by atoms with van der Waals surface area (Å²) in [4.78, 5) is 39.0. The van der Waals surface area contributed by atoms with Crippen LogP contribution in [0.3, 0.4) is 0 Å². The number of anilines is 1. The van der Waals surface area contributed by atoms with Crippen LogP contribution in [0.2, 0.25) is 0 Å². The molecule has 0 saturated heterocycles. The Morgan fingerprint density at radius 3 is 2.78 bits per heavy atom. The van der Waals surface area contributed by atoms with Crippen molar-refractivity contribution < 1.29 is 14.7 Å². The lowest BCUT2D eigenvalue weighted by Gasteiger charge is -2.26. The Balaban J connectivity index is 1.61. The topological polar surface area (TPSA) is 98.7 Å². The molecular formula is C23H25N5O3S. The first-order chi connectivity index (χ1) is 15.4. The van der Waals surface area contributed by atoms with Crippen LogP contribution >= 0.6 is 11.3 Å². The molecule has 1 atom stereocenters. The Hall–Kier alpha value is -3.30. The summed E-state index contributed by atoms with van der Waals surface area (Å²) in [5, 5.41) is 13.8. The van der Waals surface area contributed by atoms with Gasteiger partial charge < -0.3 is 20.2 Å². The molecule has 1 aromatic carbocycles. The van der Waals surface area contributed by atoms with Gasteiger partial charge in [0.15, 0.2) is 6.04 Å². The number of nitrogens with zero attached hydrogens (tertiary/aromatic N) is 4. The summed E-state index contributed by atoms with van der Waals surface area (Å²) < 4.78 is 0. The molecule has 2 N–H and O–H groups in total. The van der Waals surface area contributed by atoms with E-state index in [0.29, 0.717) is 37.4 Å². The Bertz CT molecular complexity index is 1160. The van der Waals surface area contributed by atoms with Gasteiger partial charge in [0.2, 0.25) is 5.91 Å². The number of nitrogens with one attached hydrogen (secondary N) is 1. The van der Waals surface area contributed by atoms with Gasteiger partial charge in [-0.2, -0.15) is 0 Å². The first-order valence-electron chi connectivity index (χ1n) is 10.3. The fourth-order valence-electron chi connectivity index (χ4n) is 3.76. The second-order valence-electron chi connectivity index (χ2n) is 7.91. The zero-order valence-electron chi connectivity index (χ0n) is 18.0. The quantitative estimate of drug-likeness (QED) is 0.533. The molecule has 0 unspecified atom stereocenters. The number of carboxylic acids is 1. The Kier molecular flexibility index (Phi) is 6.48. The van der Waals surface area contributed by atoms with Crippen LogP contribution in [0.15, 0.2) is 48.8 Å². The average molecular weight is 452 g/mol. The molecule has 0 bridgehead atoms. The number of fused-ring (bicyclic) bond motifs is 3. The fourth-order valence-corrected chi connectivity index (χ4v) is 4.97. The number of aliphatic carboxylic acids is 1. The molecule has 1 amide bonds. The molecule has 3 heterocycles. The molecule has 0 aliphatic carbocycles. The number of amides is 1. The van der Waals surface area contributed by atoms with E-state index in [-0.39, 0.29) is 5.91 Å². The molecule has 2 aromatic heterocycles. The molecule has 4 rings (SSSR count). The van der Waals surface area contributed by atoms with Crippen molar-refractivity contribution in [3.8, 4) is 0 Å². The van der Waals surface area contributed by atoms with Gasteiger partial charge in [0.25, 0.3) is 0 Å². The molecule has 9 heteroatoms. The number of hydrogen-bond donors (Lipinski definition) is 2. The Labute approximate surface area is 190 Å². The van der Waals surface area contributed by atoms with Gasteiger partial charge in [0.1, 0.15) is 17.0 Å². The van der Waals surface area contributed by atoms with Gasteiger partial charge in [-0.3, -0.25) is 4.79 Å². The number of thiophene rings is 1. The van der Waals surface area contributed by atoms with Crippen molar-refractivity contribution in [3.63, 3.8) is 0 Å². The minimum absolute atomic E-state index is 0.00518. The molecule has 0 spiro atoms. The first-order valence-corrected chi connectivity index (χ1v) is 11.2.